The van der Waals surface area contributed by atoms with E-state index >= 15 is 0 Å². The summed E-state index contributed by atoms with van der Waals surface area (Å²) in [7, 11) is 1.97. The second-order valence-electron chi connectivity index (χ2n) is 9.08. The van der Waals surface area contributed by atoms with Crippen molar-refractivity contribution in [1.29, 1.82) is 0 Å². The van der Waals surface area contributed by atoms with E-state index in [-0.39, 0.29) is 6.10 Å². The molecule has 3 aromatic heterocycles. The Labute approximate surface area is 207 Å². The first-order valence-electron chi connectivity index (χ1n) is 11.9. The third kappa shape index (κ3) is 4.27. The Morgan fingerprint density at radius 3 is 2.83 bits per heavy atom. The highest BCUT2D eigenvalue weighted by Crippen LogP contribution is 2.31. The van der Waals surface area contributed by atoms with Crippen LogP contribution in [0.1, 0.15) is 18.4 Å². The van der Waals surface area contributed by atoms with Crippen molar-refractivity contribution in [3.8, 4) is 11.5 Å². The van der Waals surface area contributed by atoms with Crippen LogP contribution in [-0.4, -0.2) is 53.8 Å². The number of aryl methyl sites for hydroxylation is 2. The van der Waals surface area contributed by atoms with Gasteiger partial charge in [0.1, 0.15) is 28.9 Å². The monoisotopic (exact) mass is 482 g/mol. The molecule has 4 heterocycles. The van der Waals surface area contributed by atoms with Gasteiger partial charge in [-0.3, -0.25) is 0 Å². The Balaban J connectivity index is 1.25. The molecule has 10 heteroatoms. The molecular weight excluding hydrogens is 456 g/mol. The van der Waals surface area contributed by atoms with Crippen LogP contribution in [0.5, 0.6) is 11.5 Å². The highest BCUT2D eigenvalue weighted by atomic mass is 16.5. The number of aliphatic hydroxyl groups excluding tert-OH is 1. The molecule has 1 atom stereocenters. The zero-order chi connectivity index (χ0) is 24.6. The smallest absolute Gasteiger partial charge is 0.226 e. The minimum absolute atomic E-state index is 0.364. The maximum atomic E-state index is 10.0. The average Bonchev–Trinajstić information content (AvgIpc) is 3.25. The van der Waals surface area contributed by atoms with E-state index in [0.29, 0.717) is 29.3 Å². The molecule has 1 unspecified atom stereocenters. The van der Waals surface area contributed by atoms with Gasteiger partial charge in [0, 0.05) is 31.9 Å². The zero-order valence-corrected chi connectivity index (χ0v) is 20.1. The molecule has 0 radical (unpaired) electrons. The van der Waals surface area contributed by atoms with Gasteiger partial charge in [-0.15, -0.1) is 0 Å². The molecule has 36 heavy (non-hydrogen) atoms. The lowest BCUT2D eigenvalue weighted by Crippen LogP contribution is -2.39. The lowest BCUT2D eigenvalue weighted by atomic mass is 10.1. The van der Waals surface area contributed by atoms with Crippen LogP contribution in [0.15, 0.2) is 55.2 Å². The maximum absolute atomic E-state index is 10.0. The van der Waals surface area contributed by atoms with Crippen molar-refractivity contribution in [2.24, 2.45) is 7.05 Å². The minimum atomic E-state index is -0.364. The SMILES string of the molecule is Cc1cc(Nc2ncnc3cnc(N4CCCC(O)C4)nc23)ccc1Oc1ccc2c(c1)ncn2C. The average molecular weight is 483 g/mol. The summed E-state index contributed by atoms with van der Waals surface area (Å²) in [4.78, 5) is 24.4. The van der Waals surface area contributed by atoms with Gasteiger partial charge < -0.3 is 24.6 Å². The summed E-state index contributed by atoms with van der Waals surface area (Å²) in [6.07, 6.45) is 6.33. The molecular formula is C26H26N8O2. The van der Waals surface area contributed by atoms with Gasteiger partial charge in [-0.1, -0.05) is 0 Å². The number of β-amino-alcohol motifs (C(OH)–C–C–N with tert-alkyl or cyclic N) is 1. The summed E-state index contributed by atoms with van der Waals surface area (Å²) >= 11 is 0. The van der Waals surface area contributed by atoms with E-state index in [4.69, 9.17) is 9.72 Å². The molecule has 0 saturated carbocycles. The number of ether oxygens (including phenoxy) is 1. The van der Waals surface area contributed by atoms with Gasteiger partial charge >= 0.3 is 0 Å². The van der Waals surface area contributed by atoms with Crippen LogP contribution in [0, 0.1) is 6.92 Å². The maximum Gasteiger partial charge on any atom is 0.226 e. The number of fused-ring (bicyclic) bond motifs is 2. The first-order valence-corrected chi connectivity index (χ1v) is 11.9. The van der Waals surface area contributed by atoms with Crippen LogP contribution in [0.4, 0.5) is 17.5 Å². The summed E-state index contributed by atoms with van der Waals surface area (Å²) in [6.45, 7) is 3.34. The number of hydrogen-bond donors (Lipinski definition) is 2. The quantitative estimate of drug-likeness (QED) is 0.382. The van der Waals surface area contributed by atoms with Crippen molar-refractivity contribution in [1.82, 2.24) is 29.5 Å². The molecule has 1 saturated heterocycles. The molecule has 2 aromatic carbocycles. The number of nitrogens with one attached hydrogen (secondary N) is 1. The van der Waals surface area contributed by atoms with Crippen LogP contribution in [-0.2, 0) is 7.05 Å². The summed E-state index contributed by atoms with van der Waals surface area (Å²) in [6, 6.07) is 11.8. The molecule has 1 aliphatic heterocycles. The van der Waals surface area contributed by atoms with Gasteiger partial charge in [-0.2, -0.15) is 0 Å². The molecule has 0 bridgehead atoms. The Morgan fingerprint density at radius 1 is 1.06 bits per heavy atom. The predicted molar refractivity (Wildman–Crippen MR) is 138 cm³/mol. The van der Waals surface area contributed by atoms with Crippen molar-refractivity contribution >= 4 is 39.5 Å². The van der Waals surface area contributed by atoms with Crippen molar-refractivity contribution in [3.05, 3.63) is 60.8 Å². The Bertz CT molecular complexity index is 1570. The van der Waals surface area contributed by atoms with Crippen molar-refractivity contribution in [2.45, 2.75) is 25.9 Å². The molecule has 1 fully saturated rings. The first kappa shape index (κ1) is 22.2. The van der Waals surface area contributed by atoms with Crippen LogP contribution >= 0.6 is 0 Å². The Hall–Kier alpha value is -4.31. The van der Waals surface area contributed by atoms with E-state index < -0.39 is 0 Å². The normalized spacial score (nSPS) is 16.0. The third-order valence-corrected chi connectivity index (χ3v) is 6.41. The van der Waals surface area contributed by atoms with Gasteiger partial charge in [-0.05, 0) is 55.7 Å². The topological polar surface area (TPSA) is 114 Å². The van der Waals surface area contributed by atoms with Gasteiger partial charge in [-0.25, -0.2) is 24.9 Å². The molecule has 5 aromatic rings. The number of aliphatic hydroxyl groups is 1. The number of rotatable bonds is 5. The molecule has 182 valence electrons. The van der Waals surface area contributed by atoms with Crippen molar-refractivity contribution in [3.63, 3.8) is 0 Å². The van der Waals surface area contributed by atoms with E-state index in [2.05, 4.69) is 25.3 Å². The summed E-state index contributed by atoms with van der Waals surface area (Å²) in [5, 5.41) is 13.4. The number of imidazole rings is 1. The molecule has 0 amide bonds. The van der Waals surface area contributed by atoms with E-state index in [9.17, 15) is 5.11 Å². The lowest BCUT2D eigenvalue weighted by molar-refractivity contribution is 0.153. The Morgan fingerprint density at radius 2 is 1.97 bits per heavy atom. The number of hydrogen-bond acceptors (Lipinski definition) is 9. The van der Waals surface area contributed by atoms with E-state index in [1.165, 1.54) is 6.33 Å². The van der Waals surface area contributed by atoms with Crippen LogP contribution < -0.4 is 15.0 Å². The van der Waals surface area contributed by atoms with Crippen molar-refractivity contribution < 1.29 is 9.84 Å². The van der Waals surface area contributed by atoms with E-state index in [0.717, 1.165) is 53.2 Å². The van der Waals surface area contributed by atoms with Gasteiger partial charge in [0.2, 0.25) is 5.95 Å². The fourth-order valence-corrected chi connectivity index (χ4v) is 4.51. The Kier molecular flexibility index (Phi) is 5.57. The van der Waals surface area contributed by atoms with Gasteiger partial charge in [0.15, 0.2) is 5.82 Å². The highest BCUT2D eigenvalue weighted by Gasteiger charge is 2.21. The third-order valence-electron chi connectivity index (χ3n) is 6.41. The van der Waals surface area contributed by atoms with E-state index in [1.807, 2.05) is 59.8 Å². The first-order chi connectivity index (χ1) is 17.5. The molecule has 0 aliphatic carbocycles. The number of anilines is 3. The predicted octanol–water partition coefficient (Wildman–Crippen LogP) is 4.11. The van der Waals surface area contributed by atoms with Gasteiger partial charge in [0.05, 0.1) is 29.7 Å². The second-order valence-corrected chi connectivity index (χ2v) is 9.08. The fraction of sp³-hybridized carbons (Fsp3) is 0.269. The van der Waals surface area contributed by atoms with Gasteiger partial charge in [0.25, 0.3) is 0 Å². The number of piperidine rings is 1. The van der Waals surface area contributed by atoms with Crippen molar-refractivity contribution in [2.75, 3.05) is 23.3 Å². The van der Waals surface area contributed by atoms with E-state index in [1.54, 1.807) is 12.5 Å². The molecule has 2 N–H and O–H groups in total. The van der Waals surface area contributed by atoms with Crippen LogP contribution in [0.3, 0.4) is 0 Å². The van der Waals surface area contributed by atoms with Crippen LogP contribution in [0.25, 0.3) is 22.1 Å². The summed E-state index contributed by atoms with van der Waals surface area (Å²) in [5.74, 6) is 2.66. The number of aromatic nitrogens is 6. The molecule has 1 aliphatic rings. The largest absolute Gasteiger partial charge is 0.457 e. The summed E-state index contributed by atoms with van der Waals surface area (Å²) in [5.41, 5.74) is 5.05. The molecule has 0 spiro atoms. The second kappa shape index (κ2) is 9.04. The molecule has 6 rings (SSSR count). The fourth-order valence-electron chi connectivity index (χ4n) is 4.51. The number of nitrogens with zero attached hydrogens (tertiary/aromatic N) is 7. The highest BCUT2D eigenvalue weighted by molar-refractivity contribution is 5.87. The van der Waals surface area contributed by atoms with Crippen LogP contribution in [0.2, 0.25) is 0 Å². The lowest BCUT2D eigenvalue weighted by Gasteiger charge is -2.30. The zero-order valence-electron chi connectivity index (χ0n) is 20.1. The summed E-state index contributed by atoms with van der Waals surface area (Å²) < 4.78 is 8.12. The standard InChI is InChI=1S/C26H26N8O2/c1-16-10-17(5-8-23(16)36-19-6-7-22-20(11-19)30-15-33(22)2)31-25-24-21(28-14-29-25)12-27-26(32-24)34-9-3-4-18(35)13-34/h5-8,10-12,14-15,18,35H,3-4,9,13H2,1-2H3,(H,28,29,31). The minimum Gasteiger partial charge on any atom is -0.457 e. The molecule has 10 nitrogen and oxygen atoms in total. The number of benzene rings is 2.